The predicted octanol–water partition coefficient (Wildman–Crippen LogP) is 3.47. The molecule has 2 saturated heterocycles. The van der Waals surface area contributed by atoms with Gasteiger partial charge in [0.2, 0.25) is 5.91 Å². The monoisotopic (exact) mass is 313 g/mol. The van der Waals surface area contributed by atoms with Crippen LogP contribution in [0.2, 0.25) is 0 Å². The molecule has 1 saturated carbocycles. The number of carbonyl (C=O) groups is 1. The van der Waals surface area contributed by atoms with Gasteiger partial charge in [-0.15, -0.1) is 0 Å². The highest BCUT2D eigenvalue weighted by Crippen LogP contribution is 2.41. The van der Waals surface area contributed by atoms with E-state index in [-0.39, 0.29) is 12.0 Å². The number of hydrogen-bond acceptors (Lipinski definition) is 2. The smallest absolute Gasteiger partial charge is 0.226 e. The zero-order chi connectivity index (χ0) is 15.8. The zero-order valence-electron chi connectivity index (χ0n) is 13.7. The van der Waals surface area contributed by atoms with E-state index in [9.17, 15) is 9.90 Å². The molecule has 3 fully saturated rings. The molecule has 124 valence electrons. The Bertz CT molecular complexity index is 536. The lowest BCUT2D eigenvalue weighted by Gasteiger charge is -2.40. The largest absolute Gasteiger partial charge is 0.393 e. The Kier molecular flexibility index (Phi) is 4.14. The highest BCUT2D eigenvalue weighted by atomic mass is 16.3. The molecule has 2 heterocycles. The average molecular weight is 313 g/mol. The molecule has 1 aromatic rings. The van der Waals surface area contributed by atoms with Gasteiger partial charge in [-0.25, -0.2) is 0 Å². The summed E-state index contributed by atoms with van der Waals surface area (Å²) < 4.78 is 0. The summed E-state index contributed by atoms with van der Waals surface area (Å²) in [6.45, 7) is 0. The third kappa shape index (κ3) is 2.91. The van der Waals surface area contributed by atoms with Crippen LogP contribution in [0.3, 0.4) is 0 Å². The molecule has 2 aliphatic heterocycles. The maximum atomic E-state index is 13.0. The maximum Gasteiger partial charge on any atom is 0.226 e. The summed E-state index contributed by atoms with van der Waals surface area (Å²) in [5, 5.41) is 9.92. The first-order valence-electron chi connectivity index (χ1n) is 9.27. The van der Waals surface area contributed by atoms with Gasteiger partial charge in [-0.05, 0) is 62.8 Å². The molecule has 3 heteroatoms. The maximum absolute atomic E-state index is 13.0. The first-order valence-corrected chi connectivity index (χ1v) is 9.27. The van der Waals surface area contributed by atoms with Gasteiger partial charge in [0.25, 0.3) is 0 Å². The quantitative estimate of drug-likeness (QED) is 0.908. The number of benzene rings is 1. The molecule has 2 bridgehead atoms. The Hall–Kier alpha value is -1.35. The second-order valence-electron chi connectivity index (χ2n) is 7.71. The molecule has 3 nitrogen and oxygen atoms in total. The van der Waals surface area contributed by atoms with Crippen molar-refractivity contribution in [1.29, 1.82) is 0 Å². The number of aliphatic hydroxyl groups is 1. The van der Waals surface area contributed by atoms with Gasteiger partial charge < -0.3 is 10.0 Å². The van der Waals surface area contributed by atoms with Crippen molar-refractivity contribution < 1.29 is 9.90 Å². The van der Waals surface area contributed by atoms with Crippen LogP contribution in [0.5, 0.6) is 0 Å². The lowest BCUT2D eigenvalue weighted by Crippen LogP contribution is -2.50. The third-order valence-corrected chi connectivity index (χ3v) is 6.31. The summed E-state index contributed by atoms with van der Waals surface area (Å²) in [7, 11) is 0. The van der Waals surface area contributed by atoms with Gasteiger partial charge in [0, 0.05) is 18.0 Å². The third-order valence-electron chi connectivity index (χ3n) is 6.31. The number of aliphatic hydroxyl groups excluding tert-OH is 1. The van der Waals surface area contributed by atoms with E-state index in [0.29, 0.717) is 23.9 Å². The molecule has 0 spiro atoms. The molecule has 23 heavy (non-hydrogen) atoms. The van der Waals surface area contributed by atoms with E-state index in [0.717, 1.165) is 51.4 Å². The first-order chi connectivity index (χ1) is 11.2. The van der Waals surface area contributed by atoms with E-state index in [2.05, 4.69) is 35.2 Å². The molecule has 1 aromatic carbocycles. The number of nitrogens with zero attached hydrogens (tertiary/aromatic N) is 1. The summed E-state index contributed by atoms with van der Waals surface area (Å²) >= 11 is 0. The lowest BCUT2D eigenvalue weighted by molar-refractivity contribution is -0.143. The van der Waals surface area contributed by atoms with Crippen molar-refractivity contribution in [3.8, 4) is 0 Å². The van der Waals surface area contributed by atoms with E-state index >= 15 is 0 Å². The van der Waals surface area contributed by atoms with Crippen LogP contribution in [-0.4, -0.2) is 34.1 Å². The fraction of sp³-hybridized carbons (Fsp3) is 0.650. The van der Waals surface area contributed by atoms with Crippen molar-refractivity contribution in [3.63, 3.8) is 0 Å². The first kappa shape index (κ1) is 15.2. The second kappa shape index (κ2) is 6.27. The van der Waals surface area contributed by atoms with Crippen LogP contribution in [-0.2, 0) is 4.79 Å². The normalized spacial score (nSPS) is 36.9. The second-order valence-corrected chi connectivity index (χ2v) is 7.71. The molecule has 0 aromatic heterocycles. The van der Waals surface area contributed by atoms with Crippen molar-refractivity contribution >= 4 is 5.91 Å². The van der Waals surface area contributed by atoms with E-state index in [1.165, 1.54) is 5.56 Å². The average Bonchev–Trinajstić information content (AvgIpc) is 2.86. The zero-order valence-corrected chi connectivity index (χ0v) is 13.7. The van der Waals surface area contributed by atoms with Crippen LogP contribution < -0.4 is 0 Å². The summed E-state index contributed by atoms with van der Waals surface area (Å²) in [4.78, 5) is 15.2. The number of hydrogen-bond donors (Lipinski definition) is 1. The van der Waals surface area contributed by atoms with Crippen LogP contribution in [0.4, 0.5) is 0 Å². The van der Waals surface area contributed by atoms with Crippen LogP contribution >= 0.6 is 0 Å². The number of rotatable bonds is 2. The lowest BCUT2D eigenvalue weighted by atomic mass is 9.78. The molecule has 0 radical (unpaired) electrons. The summed E-state index contributed by atoms with van der Waals surface area (Å²) in [5.74, 6) is 1.23. The molecule has 1 N–H and O–H groups in total. The molecular weight excluding hydrogens is 286 g/mol. The van der Waals surface area contributed by atoms with Gasteiger partial charge >= 0.3 is 0 Å². The minimum atomic E-state index is -0.189. The fourth-order valence-electron chi connectivity index (χ4n) is 5.12. The van der Waals surface area contributed by atoms with Gasteiger partial charge in [-0.3, -0.25) is 4.79 Å². The Labute approximate surface area is 138 Å². The van der Waals surface area contributed by atoms with Crippen LogP contribution in [0.15, 0.2) is 30.3 Å². The van der Waals surface area contributed by atoms with Crippen LogP contribution in [0.1, 0.15) is 62.8 Å². The Morgan fingerprint density at radius 2 is 1.52 bits per heavy atom. The highest BCUT2D eigenvalue weighted by molar-refractivity contribution is 5.80. The van der Waals surface area contributed by atoms with E-state index in [1.807, 2.05) is 0 Å². The van der Waals surface area contributed by atoms with Gasteiger partial charge in [-0.2, -0.15) is 0 Å². The number of carbonyl (C=O) groups excluding carboxylic acids is 1. The van der Waals surface area contributed by atoms with Crippen molar-refractivity contribution in [2.75, 3.05) is 0 Å². The van der Waals surface area contributed by atoms with Crippen molar-refractivity contribution in [2.45, 2.75) is 75.5 Å². The van der Waals surface area contributed by atoms with E-state index < -0.39 is 0 Å². The highest BCUT2D eigenvalue weighted by Gasteiger charge is 2.44. The topological polar surface area (TPSA) is 40.5 Å². The standard InChI is InChI=1S/C20H27NO2/c22-19-12-17-10-11-18(13-19)21(17)20(23)16-8-6-15(7-9-16)14-4-2-1-3-5-14/h1-5,15-19,22H,6-13H2. The Morgan fingerprint density at radius 3 is 2.13 bits per heavy atom. The molecule has 3 aliphatic rings. The predicted molar refractivity (Wildman–Crippen MR) is 90.0 cm³/mol. The molecule has 2 atom stereocenters. The van der Waals surface area contributed by atoms with E-state index in [1.54, 1.807) is 0 Å². The minimum absolute atomic E-state index is 0.189. The molecule has 1 amide bonds. The van der Waals surface area contributed by atoms with Crippen LogP contribution in [0.25, 0.3) is 0 Å². The van der Waals surface area contributed by atoms with E-state index in [4.69, 9.17) is 0 Å². The molecule has 1 aliphatic carbocycles. The molecular formula is C20H27NO2. The van der Waals surface area contributed by atoms with Gasteiger partial charge in [0.15, 0.2) is 0 Å². The summed E-state index contributed by atoms with van der Waals surface area (Å²) in [5.41, 5.74) is 1.43. The van der Waals surface area contributed by atoms with Gasteiger partial charge in [0.1, 0.15) is 0 Å². The minimum Gasteiger partial charge on any atom is -0.393 e. The number of piperidine rings is 1. The van der Waals surface area contributed by atoms with Gasteiger partial charge in [-0.1, -0.05) is 30.3 Å². The number of fused-ring (bicyclic) bond motifs is 2. The number of amides is 1. The Balaban J connectivity index is 1.38. The Morgan fingerprint density at radius 1 is 0.913 bits per heavy atom. The SMILES string of the molecule is O=C(C1CCC(c2ccccc2)CC1)N1C2CCC1CC(O)C2. The van der Waals surface area contributed by atoms with Crippen molar-refractivity contribution in [1.82, 2.24) is 4.90 Å². The fourth-order valence-corrected chi connectivity index (χ4v) is 5.12. The van der Waals surface area contributed by atoms with Crippen LogP contribution in [0, 0.1) is 5.92 Å². The van der Waals surface area contributed by atoms with Crippen molar-refractivity contribution in [3.05, 3.63) is 35.9 Å². The summed E-state index contributed by atoms with van der Waals surface area (Å²) in [6.07, 6.45) is 7.89. The summed E-state index contributed by atoms with van der Waals surface area (Å²) in [6, 6.07) is 11.4. The molecule has 4 rings (SSSR count). The molecule has 2 unspecified atom stereocenters. The van der Waals surface area contributed by atoms with Gasteiger partial charge in [0.05, 0.1) is 6.10 Å². The van der Waals surface area contributed by atoms with Crippen molar-refractivity contribution in [2.24, 2.45) is 5.92 Å².